The second kappa shape index (κ2) is 10.2. The van der Waals surface area contributed by atoms with E-state index in [0.717, 1.165) is 41.5 Å². The first-order valence-electron chi connectivity index (χ1n) is 11.4. The lowest BCUT2D eigenvalue weighted by molar-refractivity contribution is 0.0935. The van der Waals surface area contributed by atoms with Crippen molar-refractivity contribution in [2.45, 2.75) is 51.6 Å². The summed E-state index contributed by atoms with van der Waals surface area (Å²) in [4.78, 5) is 29.7. The van der Waals surface area contributed by atoms with E-state index >= 15 is 0 Å². The molecule has 0 spiro atoms. The first-order valence-corrected chi connectivity index (χ1v) is 11.4. The van der Waals surface area contributed by atoms with E-state index in [1.165, 1.54) is 12.8 Å². The van der Waals surface area contributed by atoms with Gasteiger partial charge in [0.05, 0.1) is 0 Å². The van der Waals surface area contributed by atoms with Crippen LogP contribution in [-0.4, -0.2) is 22.8 Å². The summed E-state index contributed by atoms with van der Waals surface area (Å²) >= 11 is 0. The van der Waals surface area contributed by atoms with Gasteiger partial charge in [-0.25, -0.2) is 0 Å². The third-order valence-corrected chi connectivity index (χ3v) is 6.08. The molecule has 32 heavy (non-hydrogen) atoms. The molecule has 5 heteroatoms. The second-order valence-electron chi connectivity index (χ2n) is 8.30. The molecule has 5 nitrogen and oxygen atoms in total. The van der Waals surface area contributed by atoms with Gasteiger partial charge in [-0.1, -0.05) is 44.0 Å². The van der Waals surface area contributed by atoms with Crippen LogP contribution in [-0.2, 0) is 13.0 Å². The molecule has 164 valence electrons. The first-order chi connectivity index (χ1) is 15.6. The van der Waals surface area contributed by atoms with E-state index in [2.05, 4.69) is 15.6 Å². The van der Waals surface area contributed by atoms with Gasteiger partial charge in [0, 0.05) is 36.1 Å². The Balaban J connectivity index is 1.45. The number of hydrogen-bond donors (Lipinski definition) is 2. The Morgan fingerprint density at radius 3 is 2.47 bits per heavy atom. The van der Waals surface area contributed by atoms with Crippen molar-refractivity contribution in [2.24, 2.45) is 0 Å². The lowest BCUT2D eigenvalue weighted by Crippen LogP contribution is -2.32. The molecule has 2 aromatic carbocycles. The predicted octanol–water partition coefficient (Wildman–Crippen LogP) is 4.91. The number of aromatic nitrogens is 1. The van der Waals surface area contributed by atoms with Crippen molar-refractivity contribution >= 4 is 11.8 Å². The molecule has 3 aromatic rings. The normalized spacial score (nSPS) is 13.7. The van der Waals surface area contributed by atoms with Gasteiger partial charge in [-0.2, -0.15) is 0 Å². The number of carbonyl (C=O) groups is 2. The molecule has 1 fully saturated rings. The van der Waals surface area contributed by atoms with Gasteiger partial charge in [-0.3, -0.25) is 14.6 Å². The number of nitrogens with zero attached hydrogens (tertiary/aromatic N) is 1. The molecule has 0 saturated heterocycles. The van der Waals surface area contributed by atoms with Gasteiger partial charge >= 0.3 is 0 Å². The fourth-order valence-corrected chi connectivity index (χ4v) is 4.26. The van der Waals surface area contributed by atoms with E-state index in [0.29, 0.717) is 17.7 Å². The number of aryl methyl sites for hydroxylation is 1. The molecule has 0 radical (unpaired) electrons. The average Bonchev–Trinajstić information content (AvgIpc) is 3.36. The number of carbonyl (C=O) groups excluding carboxylic acids is 2. The van der Waals surface area contributed by atoms with Crippen LogP contribution in [0.25, 0.3) is 11.1 Å². The minimum absolute atomic E-state index is 0.0385. The molecule has 2 N–H and O–H groups in total. The summed E-state index contributed by atoms with van der Waals surface area (Å²) < 4.78 is 0. The zero-order valence-corrected chi connectivity index (χ0v) is 18.4. The number of rotatable bonds is 7. The number of hydrogen-bond acceptors (Lipinski definition) is 3. The summed E-state index contributed by atoms with van der Waals surface area (Å²) in [7, 11) is 0. The Kier molecular flexibility index (Phi) is 6.95. The third-order valence-electron chi connectivity index (χ3n) is 6.08. The maximum Gasteiger partial charge on any atom is 0.251 e. The van der Waals surface area contributed by atoms with E-state index in [1.807, 2.05) is 61.5 Å². The maximum absolute atomic E-state index is 13.0. The minimum atomic E-state index is -0.112. The fourth-order valence-electron chi connectivity index (χ4n) is 4.26. The highest BCUT2D eigenvalue weighted by Crippen LogP contribution is 2.23. The Morgan fingerprint density at radius 2 is 1.72 bits per heavy atom. The Hall–Kier alpha value is -3.47. The van der Waals surface area contributed by atoms with Crippen LogP contribution in [0.5, 0.6) is 0 Å². The van der Waals surface area contributed by atoms with Crippen molar-refractivity contribution in [3.63, 3.8) is 0 Å². The molecule has 1 heterocycles. The summed E-state index contributed by atoms with van der Waals surface area (Å²) in [6.07, 6.45) is 8.74. The topological polar surface area (TPSA) is 71.1 Å². The highest BCUT2D eigenvalue weighted by atomic mass is 16.2. The minimum Gasteiger partial charge on any atom is -0.349 e. The van der Waals surface area contributed by atoms with E-state index in [9.17, 15) is 9.59 Å². The SMILES string of the molecule is CCc1ccc(-c2ccncc2)cc1C(=O)NCc1cccc(C(=O)NC2CCCC2)c1. The van der Waals surface area contributed by atoms with Crippen molar-refractivity contribution in [2.75, 3.05) is 0 Å². The molecule has 0 unspecified atom stereocenters. The van der Waals surface area contributed by atoms with Crippen molar-refractivity contribution in [1.29, 1.82) is 0 Å². The van der Waals surface area contributed by atoms with Gasteiger partial charge in [0.25, 0.3) is 11.8 Å². The number of nitrogens with one attached hydrogen (secondary N) is 2. The quantitative estimate of drug-likeness (QED) is 0.563. The molecule has 4 rings (SSSR count). The van der Waals surface area contributed by atoms with E-state index in [1.54, 1.807) is 12.4 Å². The Morgan fingerprint density at radius 1 is 0.938 bits per heavy atom. The van der Waals surface area contributed by atoms with Crippen LogP contribution in [0.3, 0.4) is 0 Å². The van der Waals surface area contributed by atoms with Crippen molar-refractivity contribution in [1.82, 2.24) is 15.6 Å². The van der Waals surface area contributed by atoms with Gasteiger partial charge in [0.1, 0.15) is 0 Å². The first kappa shape index (κ1) is 21.8. The second-order valence-corrected chi connectivity index (χ2v) is 8.30. The smallest absolute Gasteiger partial charge is 0.251 e. The number of pyridine rings is 1. The van der Waals surface area contributed by atoms with Crippen LogP contribution in [0.1, 0.15) is 64.4 Å². The van der Waals surface area contributed by atoms with Gasteiger partial charge in [0.2, 0.25) is 0 Å². The zero-order chi connectivity index (χ0) is 22.3. The lowest BCUT2D eigenvalue weighted by atomic mass is 9.98. The standard InChI is InChI=1S/C27H29N3O2/c1-2-20-10-11-22(21-12-14-28-15-13-21)17-25(20)27(32)29-18-19-6-5-7-23(16-19)26(31)30-24-8-3-4-9-24/h5-7,10-17,24H,2-4,8-9,18H2,1H3,(H,29,32)(H,30,31). The van der Waals surface area contributed by atoms with Crippen molar-refractivity contribution in [3.8, 4) is 11.1 Å². The van der Waals surface area contributed by atoms with Crippen LogP contribution in [0, 0.1) is 0 Å². The molecule has 1 aliphatic carbocycles. The third kappa shape index (κ3) is 5.22. The number of benzene rings is 2. The summed E-state index contributed by atoms with van der Waals surface area (Å²) in [5.41, 5.74) is 5.23. The van der Waals surface area contributed by atoms with Gasteiger partial charge in [-0.05, 0) is 71.8 Å². The predicted molar refractivity (Wildman–Crippen MR) is 126 cm³/mol. The summed E-state index contributed by atoms with van der Waals surface area (Å²) in [6, 6.07) is 17.6. The molecule has 2 amide bonds. The largest absolute Gasteiger partial charge is 0.349 e. The molecule has 0 bridgehead atoms. The average molecular weight is 428 g/mol. The highest BCUT2D eigenvalue weighted by Gasteiger charge is 2.18. The highest BCUT2D eigenvalue weighted by molar-refractivity contribution is 5.97. The van der Waals surface area contributed by atoms with Gasteiger partial charge < -0.3 is 10.6 Å². The molecule has 1 saturated carbocycles. The van der Waals surface area contributed by atoms with Crippen LogP contribution in [0.2, 0.25) is 0 Å². The molecule has 1 aromatic heterocycles. The Labute approximate surface area is 189 Å². The van der Waals surface area contributed by atoms with Crippen LogP contribution >= 0.6 is 0 Å². The lowest BCUT2D eigenvalue weighted by Gasteiger charge is -2.13. The van der Waals surface area contributed by atoms with E-state index < -0.39 is 0 Å². The zero-order valence-electron chi connectivity index (χ0n) is 18.4. The molecule has 0 atom stereocenters. The summed E-state index contributed by atoms with van der Waals surface area (Å²) in [6.45, 7) is 2.41. The summed E-state index contributed by atoms with van der Waals surface area (Å²) in [5, 5.41) is 6.14. The molecule has 0 aliphatic heterocycles. The fraction of sp³-hybridized carbons (Fsp3) is 0.296. The Bertz CT molecular complexity index is 1090. The van der Waals surface area contributed by atoms with E-state index in [-0.39, 0.29) is 17.9 Å². The van der Waals surface area contributed by atoms with Crippen LogP contribution in [0.4, 0.5) is 0 Å². The van der Waals surface area contributed by atoms with Crippen LogP contribution in [0.15, 0.2) is 67.0 Å². The van der Waals surface area contributed by atoms with Crippen LogP contribution < -0.4 is 10.6 Å². The van der Waals surface area contributed by atoms with Crippen molar-refractivity contribution in [3.05, 3.63) is 89.2 Å². The maximum atomic E-state index is 13.0. The molecular weight excluding hydrogens is 398 g/mol. The monoisotopic (exact) mass is 427 g/mol. The summed E-state index contributed by atoms with van der Waals surface area (Å²) in [5.74, 6) is -0.151. The number of amides is 2. The molecule has 1 aliphatic rings. The molecular formula is C27H29N3O2. The van der Waals surface area contributed by atoms with Crippen molar-refractivity contribution < 1.29 is 9.59 Å². The van der Waals surface area contributed by atoms with Gasteiger partial charge in [0.15, 0.2) is 0 Å². The van der Waals surface area contributed by atoms with Gasteiger partial charge in [-0.15, -0.1) is 0 Å². The van der Waals surface area contributed by atoms with E-state index in [4.69, 9.17) is 0 Å².